The van der Waals surface area contributed by atoms with E-state index >= 15 is 0 Å². The van der Waals surface area contributed by atoms with Crippen LogP contribution in [0.1, 0.15) is 73.1 Å². The summed E-state index contributed by atoms with van der Waals surface area (Å²) in [6, 6.07) is 0.109. The predicted octanol–water partition coefficient (Wildman–Crippen LogP) is 3.44. The summed E-state index contributed by atoms with van der Waals surface area (Å²) >= 11 is 0. The standard InChI is InChI=1S/C21H42N4O3/c1-7-9-10-17(15-23-19(26)28-20(3,4)5)25-18(22-6)24-16-21(11-12-21)13-14-27-8-2/h17H,7-16H2,1-6H3,(H,23,26)(H2,22,24,25). The van der Waals surface area contributed by atoms with Crippen LogP contribution in [0.2, 0.25) is 0 Å². The van der Waals surface area contributed by atoms with Crippen LogP contribution < -0.4 is 16.0 Å². The topological polar surface area (TPSA) is 84.0 Å². The number of hydrogen-bond acceptors (Lipinski definition) is 4. The molecule has 164 valence electrons. The molecule has 0 aromatic rings. The van der Waals surface area contributed by atoms with Gasteiger partial charge in [-0.15, -0.1) is 0 Å². The van der Waals surface area contributed by atoms with Crippen LogP contribution in [0.25, 0.3) is 0 Å². The van der Waals surface area contributed by atoms with Crippen molar-refractivity contribution in [3.05, 3.63) is 0 Å². The van der Waals surface area contributed by atoms with Crippen LogP contribution in [-0.4, -0.2) is 57.0 Å². The molecule has 0 saturated heterocycles. The zero-order valence-electron chi connectivity index (χ0n) is 18.8. The predicted molar refractivity (Wildman–Crippen MR) is 115 cm³/mol. The molecule has 0 radical (unpaired) electrons. The molecule has 7 nitrogen and oxygen atoms in total. The minimum Gasteiger partial charge on any atom is -0.444 e. The van der Waals surface area contributed by atoms with Crippen molar-refractivity contribution in [2.75, 3.05) is 33.4 Å². The third-order valence-electron chi connectivity index (χ3n) is 4.93. The number of aliphatic imine (C=N–C) groups is 1. The summed E-state index contributed by atoms with van der Waals surface area (Å²) in [6.07, 6.45) is 6.34. The minimum absolute atomic E-state index is 0.109. The van der Waals surface area contributed by atoms with E-state index in [9.17, 15) is 4.79 Å². The molecular weight excluding hydrogens is 356 g/mol. The molecule has 0 heterocycles. The van der Waals surface area contributed by atoms with Crippen LogP contribution in [0.5, 0.6) is 0 Å². The van der Waals surface area contributed by atoms with Gasteiger partial charge in [-0.05, 0) is 58.8 Å². The third-order valence-corrected chi connectivity index (χ3v) is 4.93. The van der Waals surface area contributed by atoms with E-state index in [0.29, 0.717) is 12.0 Å². The summed E-state index contributed by atoms with van der Waals surface area (Å²) < 4.78 is 10.9. The SMILES string of the molecule is CCCCC(CNC(=O)OC(C)(C)C)NC(=NC)NCC1(CCOCC)CC1. The second-order valence-corrected chi connectivity index (χ2v) is 8.74. The molecule has 1 saturated carbocycles. The van der Waals surface area contributed by atoms with E-state index in [2.05, 4.69) is 27.9 Å². The molecule has 0 spiro atoms. The Labute approximate surface area is 171 Å². The molecule has 1 aliphatic carbocycles. The molecule has 28 heavy (non-hydrogen) atoms. The number of carbonyl (C=O) groups excluding carboxylic acids is 1. The van der Waals surface area contributed by atoms with Crippen molar-refractivity contribution in [1.29, 1.82) is 0 Å². The minimum atomic E-state index is -0.492. The number of alkyl carbamates (subject to hydrolysis) is 1. The zero-order chi connectivity index (χ0) is 21.0. The monoisotopic (exact) mass is 398 g/mol. The van der Waals surface area contributed by atoms with Crippen molar-refractivity contribution < 1.29 is 14.3 Å². The average molecular weight is 399 g/mol. The molecule has 0 aliphatic heterocycles. The fraction of sp³-hybridized carbons (Fsp3) is 0.905. The average Bonchev–Trinajstić information content (AvgIpc) is 3.39. The molecule has 1 atom stereocenters. The van der Waals surface area contributed by atoms with Crippen molar-refractivity contribution in [2.45, 2.75) is 84.8 Å². The summed E-state index contributed by atoms with van der Waals surface area (Å²) in [5.74, 6) is 0.787. The van der Waals surface area contributed by atoms with Gasteiger partial charge in [0.15, 0.2) is 5.96 Å². The Hall–Kier alpha value is -1.50. The smallest absolute Gasteiger partial charge is 0.407 e. The highest BCUT2D eigenvalue weighted by Gasteiger charge is 2.42. The molecular formula is C21H42N4O3. The van der Waals surface area contributed by atoms with Crippen molar-refractivity contribution in [3.8, 4) is 0 Å². The summed E-state index contributed by atoms with van der Waals surface area (Å²) in [5, 5.41) is 9.81. The lowest BCUT2D eigenvalue weighted by molar-refractivity contribution is 0.0523. The number of unbranched alkanes of at least 4 members (excludes halogenated alkanes) is 1. The first-order chi connectivity index (χ1) is 13.2. The van der Waals surface area contributed by atoms with E-state index in [1.807, 2.05) is 27.7 Å². The van der Waals surface area contributed by atoms with Gasteiger partial charge >= 0.3 is 6.09 Å². The van der Waals surface area contributed by atoms with Gasteiger partial charge in [0.25, 0.3) is 0 Å². The molecule has 1 fully saturated rings. The summed E-state index contributed by atoms with van der Waals surface area (Å²) in [4.78, 5) is 16.3. The highest BCUT2D eigenvalue weighted by atomic mass is 16.6. The van der Waals surface area contributed by atoms with E-state index in [0.717, 1.165) is 51.4 Å². The van der Waals surface area contributed by atoms with Gasteiger partial charge in [0.1, 0.15) is 5.60 Å². The van der Waals surface area contributed by atoms with E-state index in [-0.39, 0.29) is 12.1 Å². The van der Waals surface area contributed by atoms with Crippen molar-refractivity contribution in [1.82, 2.24) is 16.0 Å². The summed E-state index contributed by atoms with van der Waals surface area (Å²) in [5.41, 5.74) is -0.144. The fourth-order valence-electron chi connectivity index (χ4n) is 2.98. The zero-order valence-corrected chi connectivity index (χ0v) is 18.8. The number of nitrogens with zero attached hydrogens (tertiary/aromatic N) is 1. The van der Waals surface area contributed by atoms with Gasteiger partial charge in [0, 0.05) is 39.4 Å². The third kappa shape index (κ3) is 10.7. The fourth-order valence-corrected chi connectivity index (χ4v) is 2.98. The normalized spacial score (nSPS) is 17.0. The van der Waals surface area contributed by atoms with Crippen molar-refractivity contribution in [2.24, 2.45) is 10.4 Å². The highest BCUT2D eigenvalue weighted by Crippen LogP contribution is 2.48. The Morgan fingerprint density at radius 2 is 1.93 bits per heavy atom. The summed E-state index contributed by atoms with van der Waals surface area (Å²) in [7, 11) is 1.78. The highest BCUT2D eigenvalue weighted by molar-refractivity contribution is 5.80. The van der Waals surface area contributed by atoms with Gasteiger partial charge in [-0.1, -0.05) is 19.8 Å². The first-order valence-corrected chi connectivity index (χ1v) is 10.8. The van der Waals surface area contributed by atoms with E-state index < -0.39 is 5.60 Å². The number of amides is 1. The number of nitrogens with one attached hydrogen (secondary N) is 3. The van der Waals surface area contributed by atoms with Crippen molar-refractivity contribution >= 4 is 12.1 Å². The van der Waals surface area contributed by atoms with Gasteiger partial charge in [-0.25, -0.2) is 4.79 Å². The maximum absolute atomic E-state index is 12.0. The maximum atomic E-state index is 12.0. The van der Waals surface area contributed by atoms with Gasteiger partial charge in [0.05, 0.1) is 0 Å². The van der Waals surface area contributed by atoms with Gasteiger partial charge in [-0.3, -0.25) is 4.99 Å². The van der Waals surface area contributed by atoms with Crippen LogP contribution >= 0.6 is 0 Å². The van der Waals surface area contributed by atoms with Crippen LogP contribution in [0.4, 0.5) is 4.79 Å². The molecule has 0 aromatic carbocycles. The van der Waals surface area contributed by atoms with E-state index in [1.54, 1.807) is 7.05 Å². The lowest BCUT2D eigenvalue weighted by atomic mass is 10.0. The largest absolute Gasteiger partial charge is 0.444 e. The second-order valence-electron chi connectivity index (χ2n) is 8.74. The molecule has 1 amide bonds. The Kier molecular flexibility index (Phi) is 10.6. The first kappa shape index (κ1) is 24.5. The van der Waals surface area contributed by atoms with Crippen LogP contribution in [0.15, 0.2) is 4.99 Å². The maximum Gasteiger partial charge on any atom is 0.407 e. The van der Waals surface area contributed by atoms with Gasteiger partial charge in [-0.2, -0.15) is 0 Å². The lowest BCUT2D eigenvalue weighted by Gasteiger charge is -2.25. The molecule has 0 aromatic heterocycles. The number of ether oxygens (including phenoxy) is 2. The van der Waals surface area contributed by atoms with Gasteiger partial charge in [0.2, 0.25) is 0 Å². The number of hydrogen-bond donors (Lipinski definition) is 3. The first-order valence-electron chi connectivity index (χ1n) is 10.8. The summed E-state index contributed by atoms with van der Waals surface area (Å²) in [6.45, 7) is 12.8. The van der Waals surface area contributed by atoms with E-state index in [4.69, 9.17) is 9.47 Å². The molecule has 1 aliphatic rings. The van der Waals surface area contributed by atoms with E-state index in [1.165, 1.54) is 12.8 Å². The van der Waals surface area contributed by atoms with Crippen LogP contribution in [0, 0.1) is 5.41 Å². The lowest BCUT2D eigenvalue weighted by Crippen LogP contribution is -2.50. The van der Waals surface area contributed by atoms with Crippen molar-refractivity contribution in [3.63, 3.8) is 0 Å². The number of rotatable bonds is 12. The second kappa shape index (κ2) is 12.1. The number of carbonyl (C=O) groups is 1. The Morgan fingerprint density at radius 1 is 1.21 bits per heavy atom. The Balaban J connectivity index is 2.47. The Morgan fingerprint density at radius 3 is 2.46 bits per heavy atom. The molecule has 1 rings (SSSR count). The molecule has 0 bridgehead atoms. The Bertz CT molecular complexity index is 485. The van der Waals surface area contributed by atoms with Gasteiger partial charge < -0.3 is 25.4 Å². The molecule has 3 N–H and O–H groups in total. The quantitative estimate of drug-likeness (QED) is 0.266. The molecule has 7 heteroatoms. The molecule has 1 unspecified atom stereocenters. The van der Waals surface area contributed by atoms with Crippen LogP contribution in [-0.2, 0) is 9.47 Å². The number of guanidine groups is 1. The van der Waals surface area contributed by atoms with Crippen LogP contribution in [0.3, 0.4) is 0 Å².